The van der Waals surface area contributed by atoms with Crippen LogP contribution in [0.4, 0.5) is 11.5 Å². The lowest BCUT2D eigenvalue weighted by molar-refractivity contribution is 0.643. The minimum atomic E-state index is 0.653. The van der Waals surface area contributed by atoms with Crippen molar-refractivity contribution < 1.29 is 0 Å². The van der Waals surface area contributed by atoms with Gasteiger partial charge in [0.25, 0.3) is 0 Å². The van der Waals surface area contributed by atoms with Gasteiger partial charge in [-0.25, -0.2) is 4.98 Å². The predicted molar refractivity (Wildman–Crippen MR) is 127 cm³/mol. The van der Waals surface area contributed by atoms with Gasteiger partial charge in [0.05, 0.1) is 16.6 Å². The smallest absolute Gasteiger partial charge is 0.157 e. The van der Waals surface area contributed by atoms with Crippen molar-refractivity contribution >= 4 is 28.2 Å². The molecule has 5 nitrogen and oxygen atoms in total. The molecule has 2 aromatic carbocycles. The summed E-state index contributed by atoms with van der Waals surface area (Å²) in [6.07, 6.45) is 2.65. The fourth-order valence-electron chi connectivity index (χ4n) is 4.70. The van der Waals surface area contributed by atoms with Gasteiger partial charge < -0.3 is 9.80 Å². The molecule has 0 bridgehead atoms. The monoisotopic (exact) mass is 407 g/mol. The molecule has 4 aromatic rings. The molecule has 5 heteroatoms. The van der Waals surface area contributed by atoms with E-state index in [1.165, 1.54) is 5.69 Å². The molecule has 0 N–H and O–H groups in total. The molecule has 0 amide bonds. The van der Waals surface area contributed by atoms with Gasteiger partial charge in [-0.2, -0.15) is 5.26 Å². The number of piperazine rings is 1. The highest BCUT2D eigenvalue weighted by Crippen LogP contribution is 2.34. The Morgan fingerprint density at radius 1 is 1.00 bits per heavy atom. The van der Waals surface area contributed by atoms with Crippen LogP contribution >= 0.6 is 0 Å². The summed E-state index contributed by atoms with van der Waals surface area (Å²) in [5, 5.41) is 9.95. The SMILES string of the molecule is C=CCc1c(C)c(C#N)c2nc3ccccc3n2c1N1CCN(c2ccccc2)CC1. The van der Waals surface area contributed by atoms with E-state index in [1.807, 2.05) is 31.2 Å². The van der Waals surface area contributed by atoms with Gasteiger partial charge in [-0.15, -0.1) is 6.58 Å². The van der Waals surface area contributed by atoms with Crippen molar-refractivity contribution in [1.29, 1.82) is 5.26 Å². The second-order valence-electron chi connectivity index (χ2n) is 7.98. The number of nitriles is 1. The first-order valence-corrected chi connectivity index (χ1v) is 10.7. The van der Waals surface area contributed by atoms with E-state index in [1.54, 1.807) is 0 Å². The topological polar surface area (TPSA) is 47.6 Å². The van der Waals surface area contributed by atoms with Crippen LogP contribution in [0.1, 0.15) is 16.7 Å². The molecular weight excluding hydrogens is 382 g/mol. The molecule has 0 radical (unpaired) electrons. The largest absolute Gasteiger partial charge is 0.368 e. The third-order valence-electron chi connectivity index (χ3n) is 6.25. The van der Waals surface area contributed by atoms with Crippen molar-refractivity contribution in [2.24, 2.45) is 0 Å². The predicted octanol–water partition coefficient (Wildman–Crippen LogP) is 4.72. The molecular formula is C26H25N5. The number of aromatic nitrogens is 2. The van der Waals surface area contributed by atoms with Gasteiger partial charge in [0.15, 0.2) is 5.65 Å². The van der Waals surface area contributed by atoms with Crippen molar-refractivity contribution in [2.75, 3.05) is 36.0 Å². The van der Waals surface area contributed by atoms with Gasteiger partial charge >= 0.3 is 0 Å². The molecule has 3 heterocycles. The molecule has 154 valence electrons. The summed E-state index contributed by atoms with van der Waals surface area (Å²) in [6.45, 7) is 9.74. The normalized spacial score (nSPS) is 14.2. The van der Waals surface area contributed by atoms with Crippen molar-refractivity contribution in [3.63, 3.8) is 0 Å². The third-order valence-corrected chi connectivity index (χ3v) is 6.25. The van der Waals surface area contributed by atoms with E-state index in [0.29, 0.717) is 5.56 Å². The van der Waals surface area contributed by atoms with E-state index < -0.39 is 0 Å². The Hall–Kier alpha value is -3.78. The van der Waals surface area contributed by atoms with Gasteiger partial charge in [0, 0.05) is 37.4 Å². The molecule has 0 atom stereocenters. The number of hydrogen-bond acceptors (Lipinski definition) is 4. The maximum absolute atomic E-state index is 9.95. The Bertz CT molecular complexity index is 1300. The average molecular weight is 408 g/mol. The first kappa shape index (κ1) is 19.2. The summed E-state index contributed by atoms with van der Waals surface area (Å²) < 4.78 is 2.19. The molecule has 31 heavy (non-hydrogen) atoms. The molecule has 0 aliphatic carbocycles. The fourth-order valence-corrected chi connectivity index (χ4v) is 4.70. The molecule has 5 rings (SSSR count). The summed E-state index contributed by atoms with van der Waals surface area (Å²) >= 11 is 0. The Morgan fingerprint density at radius 3 is 2.39 bits per heavy atom. The van der Waals surface area contributed by atoms with Gasteiger partial charge in [-0.05, 0) is 43.2 Å². The van der Waals surface area contributed by atoms with Gasteiger partial charge in [-0.3, -0.25) is 4.40 Å². The second kappa shape index (κ2) is 7.81. The van der Waals surface area contributed by atoms with E-state index in [0.717, 1.165) is 66.2 Å². The van der Waals surface area contributed by atoms with Crippen LogP contribution in [-0.2, 0) is 6.42 Å². The van der Waals surface area contributed by atoms with E-state index >= 15 is 0 Å². The first-order valence-electron chi connectivity index (χ1n) is 10.7. The van der Waals surface area contributed by atoms with Crippen LogP contribution in [0.25, 0.3) is 16.7 Å². The fraction of sp³-hybridized carbons (Fsp3) is 0.231. The zero-order valence-corrected chi connectivity index (χ0v) is 17.8. The van der Waals surface area contributed by atoms with Crippen molar-refractivity contribution in [2.45, 2.75) is 13.3 Å². The number of allylic oxidation sites excluding steroid dienone is 1. The standard InChI is InChI=1S/C26H25N5/c1-3-9-21-19(2)22(18-27)25-28-23-12-7-8-13-24(23)31(25)26(21)30-16-14-29(15-17-30)20-10-5-4-6-11-20/h3-8,10-13H,1,9,14-17H2,2H3. The van der Waals surface area contributed by atoms with Crippen molar-refractivity contribution in [1.82, 2.24) is 9.38 Å². The molecule has 1 aliphatic rings. The second-order valence-corrected chi connectivity index (χ2v) is 7.98. The Labute approximate surface area is 182 Å². The number of pyridine rings is 1. The first-order chi connectivity index (χ1) is 15.2. The Balaban J connectivity index is 1.66. The zero-order chi connectivity index (χ0) is 21.4. The van der Waals surface area contributed by atoms with E-state index in [9.17, 15) is 5.26 Å². The van der Waals surface area contributed by atoms with Crippen molar-refractivity contribution in [3.05, 3.63) is 83.9 Å². The number of imidazole rings is 1. The summed E-state index contributed by atoms with van der Waals surface area (Å²) in [7, 11) is 0. The minimum Gasteiger partial charge on any atom is -0.368 e. The van der Waals surface area contributed by atoms with Crippen LogP contribution in [0.5, 0.6) is 0 Å². The summed E-state index contributed by atoms with van der Waals surface area (Å²) in [5.74, 6) is 1.15. The number of benzene rings is 2. The van der Waals surface area contributed by atoms with Crippen LogP contribution in [-0.4, -0.2) is 35.6 Å². The highest BCUT2D eigenvalue weighted by atomic mass is 15.3. The quantitative estimate of drug-likeness (QED) is 0.459. The highest BCUT2D eigenvalue weighted by molar-refractivity contribution is 5.86. The van der Waals surface area contributed by atoms with Crippen LogP contribution in [0.15, 0.2) is 67.3 Å². The van der Waals surface area contributed by atoms with Crippen LogP contribution in [0.2, 0.25) is 0 Å². The van der Waals surface area contributed by atoms with Crippen molar-refractivity contribution in [3.8, 4) is 6.07 Å². The van der Waals surface area contributed by atoms with Crippen LogP contribution < -0.4 is 9.80 Å². The third kappa shape index (κ3) is 3.12. The van der Waals surface area contributed by atoms with Gasteiger partial charge in [0.1, 0.15) is 11.9 Å². The van der Waals surface area contributed by atoms with Crippen LogP contribution in [0.3, 0.4) is 0 Å². The van der Waals surface area contributed by atoms with Crippen LogP contribution in [0, 0.1) is 18.3 Å². The van der Waals surface area contributed by atoms with E-state index in [-0.39, 0.29) is 0 Å². The number of hydrogen-bond donors (Lipinski definition) is 0. The van der Waals surface area contributed by atoms with Gasteiger partial charge in [-0.1, -0.05) is 36.4 Å². The molecule has 1 aliphatic heterocycles. The highest BCUT2D eigenvalue weighted by Gasteiger charge is 2.26. The minimum absolute atomic E-state index is 0.653. The number of nitrogens with zero attached hydrogens (tertiary/aromatic N) is 5. The van der Waals surface area contributed by atoms with E-state index in [2.05, 4.69) is 63.2 Å². The maximum atomic E-state index is 9.95. The number of fused-ring (bicyclic) bond motifs is 3. The summed E-state index contributed by atoms with van der Waals surface area (Å²) in [4.78, 5) is 9.73. The number of para-hydroxylation sites is 3. The Kier molecular flexibility index (Phi) is 4.83. The zero-order valence-electron chi connectivity index (χ0n) is 17.8. The van der Waals surface area contributed by atoms with Gasteiger partial charge in [0.2, 0.25) is 0 Å². The average Bonchev–Trinajstić information content (AvgIpc) is 3.19. The number of rotatable bonds is 4. The molecule has 0 spiro atoms. The Morgan fingerprint density at radius 2 is 1.68 bits per heavy atom. The summed E-state index contributed by atoms with van der Waals surface area (Å²) in [5.41, 5.74) is 6.79. The molecule has 1 fully saturated rings. The van der Waals surface area contributed by atoms with E-state index in [4.69, 9.17) is 4.98 Å². The summed E-state index contributed by atoms with van der Waals surface area (Å²) in [6, 6.07) is 21.1. The maximum Gasteiger partial charge on any atom is 0.157 e. The molecule has 2 aromatic heterocycles. The molecule has 0 unspecified atom stereocenters. The molecule has 1 saturated heterocycles. The number of anilines is 2. The lowest BCUT2D eigenvalue weighted by Gasteiger charge is -2.38. The lowest BCUT2D eigenvalue weighted by Crippen LogP contribution is -2.47. The lowest BCUT2D eigenvalue weighted by atomic mass is 10.0. The molecule has 0 saturated carbocycles.